The summed E-state index contributed by atoms with van der Waals surface area (Å²) < 4.78 is 59.7. The van der Waals surface area contributed by atoms with E-state index in [1.165, 1.54) is 22.3 Å². The molecule has 0 aromatic heterocycles. The molecule has 0 saturated carbocycles. The summed E-state index contributed by atoms with van der Waals surface area (Å²) in [6, 6.07) is 71.1. The van der Waals surface area contributed by atoms with Crippen LogP contribution in [0.25, 0.3) is 0 Å². The largest absolute Gasteiger partial charge is 0.459 e. The first-order valence-electron chi connectivity index (χ1n) is 23.3. The highest BCUT2D eigenvalue weighted by atomic mass is 31.3. The number of aryl methyl sites for hydroxylation is 2. The van der Waals surface area contributed by atoms with Gasteiger partial charge in [0, 0.05) is 10.8 Å². The minimum absolute atomic E-state index is 0.301. The van der Waals surface area contributed by atoms with Gasteiger partial charge in [0.05, 0.1) is 0 Å². The van der Waals surface area contributed by atoms with Gasteiger partial charge in [0.15, 0.2) is 5.78 Å². The summed E-state index contributed by atoms with van der Waals surface area (Å²) >= 11 is 0. The Morgan fingerprint density at radius 1 is 0.329 bits per heavy atom. The molecule has 0 spiro atoms. The van der Waals surface area contributed by atoms with Crippen LogP contribution in [0, 0.1) is 13.8 Å². The van der Waals surface area contributed by atoms with Crippen LogP contribution >= 0.6 is 22.8 Å². The van der Waals surface area contributed by atoms with Crippen LogP contribution in [0.3, 0.4) is 0 Å². The topological polar surface area (TPSA) is 92.5 Å². The van der Waals surface area contributed by atoms with Crippen LogP contribution in [-0.4, -0.2) is 5.78 Å². The molecule has 1 aliphatic rings. The Kier molecular flexibility index (Phi) is 14.0. The Labute approximate surface area is 413 Å². The zero-order valence-corrected chi connectivity index (χ0v) is 43.2. The lowest BCUT2D eigenvalue weighted by atomic mass is 9.78. The lowest BCUT2D eigenvalue weighted by Gasteiger charge is -2.30. The maximum absolute atomic E-state index is 7.32. The van der Waals surface area contributed by atoms with E-state index in [1.807, 2.05) is 153 Å². The molecule has 0 saturated heterocycles. The van der Waals surface area contributed by atoms with Crippen LogP contribution in [0.4, 0.5) is 0 Å². The van der Waals surface area contributed by atoms with E-state index in [4.69, 9.17) is 40.9 Å². The number of para-hydroxylation sites is 4. The third-order valence-electron chi connectivity index (χ3n) is 12.3. The summed E-state index contributed by atoms with van der Waals surface area (Å²) in [5, 5.41) is 0. The fraction of sp³-hybridized carbons (Fsp3) is 0.172. The Bertz CT molecular complexity index is 3140. The van der Waals surface area contributed by atoms with E-state index in [0.717, 1.165) is 11.1 Å². The molecule has 1 aliphatic heterocycles. The molecule has 0 aliphatic carbocycles. The molecule has 9 rings (SSSR count). The summed E-state index contributed by atoms with van der Waals surface area (Å²) in [5.74, 6) is 2.02. The normalized spacial score (nSPS) is 18.6. The smallest absolute Gasteiger partial charge is 0.428 e. The number of hydrogen-bond acceptors (Lipinski definition) is 9. The number of benzene rings is 8. The van der Waals surface area contributed by atoms with Gasteiger partial charge in [-0.2, -0.15) is 4.74 Å². The minimum atomic E-state index is -4.15. The molecule has 9 nitrogen and oxygen atoms in total. The monoisotopic (exact) mass is 985 g/mol. The van der Waals surface area contributed by atoms with Crippen molar-refractivity contribution in [3.63, 3.8) is 0 Å². The molecular formula is C58H58N3O6P3. The number of rotatable bonds is 16. The highest BCUT2D eigenvalue weighted by Crippen LogP contribution is 2.75. The summed E-state index contributed by atoms with van der Waals surface area (Å²) in [4.78, 5) is 0. The fourth-order valence-corrected chi connectivity index (χ4v) is 17.1. The average molecular weight is 986 g/mol. The molecule has 70 heavy (non-hydrogen) atoms. The third-order valence-corrected chi connectivity index (χ3v) is 20.6. The van der Waals surface area contributed by atoms with E-state index in [0.29, 0.717) is 34.5 Å². The predicted octanol–water partition coefficient (Wildman–Crippen LogP) is 18.0. The maximum Gasteiger partial charge on any atom is 0.459 e. The molecule has 12 heteroatoms. The van der Waals surface area contributed by atoms with E-state index in [2.05, 4.69) is 114 Å². The van der Waals surface area contributed by atoms with Gasteiger partial charge in [0.2, 0.25) is 0 Å². The van der Waals surface area contributed by atoms with Gasteiger partial charge >= 0.3 is 22.8 Å². The second-order valence-corrected chi connectivity index (χ2v) is 24.9. The molecule has 0 N–H and O–H groups in total. The molecule has 0 bridgehead atoms. The van der Waals surface area contributed by atoms with Crippen LogP contribution in [0.15, 0.2) is 232 Å². The van der Waals surface area contributed by atoms with E-state index < -0.39 is 28.6 Å². The minimum Gasteiger partial charge on any atom is -0.428 e. The van der Waals surface area contributed by atoms with Gasteiger partial charge in [-0.3, -0.25) is 0 Å². The van der Waals surface area contributed by atoms with E-state index >= 15 is 0 Å². The van der Waals surface area contributed by atoms with Gasteiger partial charge in [0.25, 0.3) is 0 Å². The lowest BCUT2D eigenvalue weighted by molar-refractivity contribution is 0.452. The molecular weight excluding hydrogens is 928 g/mol. The van der Waals surface area contributed by atoms with Crippen LogP contribution in [0.1, 0.15) is 68.0 Å². The highest BCUT2D eigenvalue weighted by molar-refractivity contribution is 7.74. The van der Waals surface area contributed by atoms with Crippen LogP contribution < -0.4 is 27.1 Å². The van der Waals surface area contributed by atoms with E-state index in [9.17, 15) is 0 Å². The second-order valence-electron chi connectivity index (χ2n) is 18.3. The van der Waals surface area contributed by atoms with Crippen molar-refractivity contribution in [2.24, 2.45) is 13.8 Å². The van der Waals surface area contributed by atoms with E-state index in [1.54, 1.807) is 0 Å². The van der Waals surface area contributed by atoms with Crippen molar-refractivity contribution in [2.75, 3.05) is 0 Å². The summed E-state index contributed by atoms with van der Waals surface area (Å²) in [7, 11) is -11.9. The fourth-order valence-electron chi connectivity index (χ4n) is 8.01. The number of hydrogen-bond donors (Lipinski definition) is 0. The Morgan fingerprint density at radius 3 is 0.943 bits per heavy atom. The first-order chi connectivity index (χ1) is 33.7. The van der Waals surface area contributed by atoms with Crippen molar-refractivity contribution in [3.8, 4) is 34.5 Å². The quantitative estimate of drug-likeness (QED) is 0.0896. The molecule has 3 atom stereocenters. The Hall–Kier alpha value is -6.75. The molecule has 356 valence electrons. The Balaban J connectivity index is 1.27. The molecule has 8 aromatic carbocycles. The van der Waals surface area contributed by atoms with Crippen molar-refractivity contribution >= 4 is 22.8 Å². The van der Waals surface area contributed by atoms with Crippen molar-refractivity contribution < 1.29 is 27.1 Å². The van der Waals surface area contributed by atoms with Crippen LogP contribution in [0.5, 0.6) is 34.5 Å². The zero-order chi connectivity index (χ0) is 48.8. The molecule has 0 fully saturated rings. The second kappa shape index (κ2) is 20.3. The summed E-state index contributed by atoms with van der Waals surface area (Å²) in [6.07, 6.45) is 0. The van der Waals surface area contributed by atoms with Crippen LogP contribution in [-0.2, 0) is 10.8 Å². The molecule has 3 unspecified atom stereocenters. The first kappa shape index (κ1) is 48.3. The molecule has 8 aromatic rings. The van der Waals surface area contributed by atoms with Gasteiger partial charge in [0.1, 0.15) is 34.5 Å². The van der Waals surface area contributed by atoms with E-state index in [-0.39, 0.29) is 10.8 Å². The van der Waals surface area contributed by atoms with Crippen molar-refractivity contribution in [2.45, 2.75) is 65.1 Å². The van der Waals surface area contributed by atoms with Gasteiger partial charge in [-0.1, -0.05) is 189 Å². The highest BCUT2D eigenvalue weighted by Gasteiger charge is 2.48. The zero-order valence-electron chi connectivity index (χ0n) is 40.5. The van der Waals surface area contributed by atoms with Gasteiger partial charge in [-0.25, -0.2) is 0 Å². The van der Waals surface area contributed by atoms with Crippen molar-refractivity contribution in [1.29, 1.82) is 0 Å². The van der Waals surface area contributed by atoms with Crippen LogP contribution in [0.2, 0.25) is 0 Å². The Morgan fingerprint density at radius 2 is 0.600 bits per heavy atom. The number of nitrogens with zero attached hydrogens (tertiary/aromatic N) is 3. The lowest BCUT2D eigenvalue weighted by Crippen LogP contribution is -2.19. The first-order valence-corrected chi connectivity index (χ1v) is 28.0. The predicted molar refractivity (Wildman–Crippen MR) is 287 cm³/mol. The van der Waals surface area contributed by atoms with Gasteiger partial charge < -0.3 is 27.1 Å². The van der Waals surface area contributed by atoms with Crippen molar-refractivity contribution in [1.82, 2.24) is 0 Å². The van der Waals surface area contributed by atoms with Gasteiger partial charge in [-0.05, 0) is 116 Å². The standard InChI is InChI=1S/C58H58N3O6P3/c1-44-28-32-47(33-29-44)57(4,5)49-36-40-55(41-37-49)63-68(62-51-20-12-8-13-21-51)46(3)59-69(64-52-22-14-9-15-23-52,65-53-24-16-10-17-25-53)61-70(60-68,66-54-26-18-11-19-27-54)67-56-42-38-50(39-43-56)58(6,7)48-34-30-45(2)31-35-48/h8-43,46H,1-7H3. The third kappa shape index (κ3) is 11.0. The molecule has 0 amide bonds. The molecule has 1 heterocycles. The SMILES string of the molecule is Cc1ccc(C(C)(C)c2ccc(OP3(Oc4ccccc4)=NP(Oc4ccccc4)(Oc4ccccc4)=NC(C)P(Oc4ccccc4)(Oc4ccc(C(C)(C)c5ccc(C)cc5)cc4)=N3)cc2)cc1. The summed E-state index contributed by atoms with van der Waals surface area (Å²) in [6.45, 7) is 15.0. The summed E-state index contributed by atoms with van der Waals surface area (Å²) in [5.41, 5.74) is 6.38. The maximum atomic E-state index is 7.32. The average Bonchev–Trinajstić information content (AvgIpc) is 3.44. The van der Waals surface area contributed by atoms with Crippen molar-refractivity contribution in [3.05, 3.63) is 252 Å². The molecule has 0 radical (unpaired) electrons. The van der Waals surface area contributed by atoms with Gasteiger partial charge in [-0.15, -0.1) is 4.52 Å².